The van der Waals surface area contributed by atoms with Crippen LogP contribution in [-0.2, 0) is 0 Å². The van der Waals surface area contributed by atoms with E-state index < -0.39 is 0 Å². The molecule has 3 aliphatic carbocycles. The molecular weight excluding hydrogens is 418 g/mol. The Morgan fingerprint density at radius 2 is 0.706 bits per heavy atom. The molecule has 0 spiro atoms. The predicted molar refractivity (Wildman–Crippen MR) is 144 cm³/mol. The van der Waals surface area contributed by atoms with Gasteiger partial charge in [0.15, 0.2) is 0 Å². The molecule has 0 atom stereocenters. The van der Waals surface area contributed by atoms with Gasteiger partial charge < -0.3 is 10.6 Å². The van der Waals surface area contributed by atoms with Crippen LogP contribution in [0.2, 0.25) is 0 Å². The fourth-order valence-corrected chi connectivity index (χ4v) is 6.34. The van der Waals surface area contributed by atoms with Crippen molar-refractivity contribution in [1.29, 1.82) is 0 Å². The van der Waals surface area contributed by atoms with Crippen LogP contribution >= 0.6 is 0 Å². The molecule has 192 valence electrons. The average Bonchev–Trinajstić information content (AvgIpc) is 3.02. The first-order valence-electron chi connectivity index (χ1n) is 15.2. The number of rotatable bonds is 5. The average molecular weight is 470 g/mol. The summed E-state index contributed by atoms with van der Waals surface area (Å²) in [5.74, 6) is 3.21. The van der Waals surface area contributed by atoms with E-state index in [1.165, 1.54) is 148 Å². The largest absolute Gasteiger partial charge is 0.351 e. The van der Waals surface area contributed by atoms with E-state index in [9.17, 15) is 0 Å². The molecule has 0 aromatic carbocycles. The maximum absolute atomic E-state index is 5.07. The molecule has 0 unspecified atom stereocenters. The van der Waals surface area contributed by atoms with Crippen molar-refractivity contribution in [2.24, 2.45) is 0 Å². The molecule has 1 aromatic heterocycles. The van der Waals surface area contributed by atoms with E-state index in [1.807, 2.05) is 0 Å². The number of nitrogens with zero attached hydrogens (tertiary/aromatic N) is 3. The first-order chi connectivity index (χ1) is 16.9. The van der Waals surface area contributed by atoms with Gasteiger partial charge in [-0.15, -0.1) is 0 Å². The van der Waals surface area contributed by atoms with Crippen LogP contribution in [0.1, 0.15) is 159 Å². The normalized spacial score (nSPS) is 23.8. The Labute approximate surface area is 209 Å². The maximum atomic E-state index is 5.07. The second kappa shape index (κ2) is 14.9. The fourth-order valence-electron chi connectivity index (χ4n) is 6.34. The monoisotopic (exact) mass is 469 g/mol. The molecule has 3 saturated carbocycles. The number of hydrogen-bond acceptors (Lipinski definition) is 5. The summed E-state index contributed by atoms with van der Waals surface area (Å²) in [6, 6.07) is 1.01. The Morgan fingerprint density at radius 3 is 1.09 bits per heavy atom. The zero-order valence-electron chi connectivity index (χ0n) is 21.8. The Morgan fingerprint density at radius 1 is 0.382 bits per heavy atom. The van der Waals surface area contributed by atoms with Crippen LogP contribution in [0, 0.1) is 0 Å². The van der Waals surface area contributed by atoms with Crippen molar-refractivity contribution in [2.45, 2.75) is 166 Å². The summed E-state index contributed by atoms with van der Waals surface area (Å²) < 4.78 is 0. The summed E-state index contributed by atoms with van der Waals surface area (Å²) >= 11 is 0. The Bertz CT molecular complexity index is 621. The Balaban J connectivity index is 1.50. The minimum Gasteiger partial charge on any atom is -0.351 e. The summed E-state index contributed by atoms with van der Waals surface area (Å²) in [5, 5.41) is 7.58. The summed E-state index contributed by atoms with van der Waals surface area (Å²) in [6.07, 6.45) is 30.6. The maximum Gasteiger partial charge on any atom is 0.227 e. The zero-order chi connectivity index (χ0) is 23.3. The van der Waals surface area contributed by atoms with Gasteiger partial charge in [0.25, 0.3) is 0 Å². The van der Waals surface area contributed by atoms with Crippen molar-refractivity contribution < 1.29 is 0 Å². The number of aromatic nitrogens is 3. The lowest BCUT2D eigenvalue weighted by Crippen LogP contribution is -2.25. The highest BCUT2D eigenvalue weighted by Gasteiger charge is 2.21. The van der Waals surface area contributed by atoms with Crippen LogP contribution < -0.4 is 10.6 Å². The third-order valence-electron chi connectivity index (χ3n) is 8.50. The van der Waals surface area contributed by atoms with Crippen LogP contribution in [0.4, 0.5) is 11.9 Å². The zero-order valence-corrected chi connectivity index (χ0v) is 21.8. The molecule has 5 heteroatoms. The van der Waals surface area contributed by atoms with E-state index in [1.54, 1.807) is 0 Å². The Hall–Kier alpha value is -1.39. The van der Waals surface area contributed by atoms with Crippen LogP contribution in [0.3, 0.4) is 0 Å². The number of anilines is 2. The van der Waals surface area contributed by atoms with Crippen molar-refractivity contribution >= 4 is 11.9 Å². The number of nitrogens with one attached hydrogen (secondary N) is 2. The third kappa shape index (κ3) is 9.00. The van der Waals surface area contributed by atoms with E-state index in [-0.39, 0.29) is 0 Å². The van der Waals surface area contributed by atoms with Gasteiger partial charge in [-0.3, -0.25) is 0 Å². The smallest absolute Gasteiger partial charge is 0.227 e. The van der Waals surface area contributed by atoms with Gasteiger partial charge in [-0.2, -0.15) is 15.0 Å². The molecule has 0 bridgehead atoms. The fraction of sp³-hybridized carbons (Fsp3) is 0.897. The second-order valence-electron chi connectivity index (χ2n) is 11.5. The standard InChI is InChI=1S/C29H51N5/c1-2-9-15-21-25(20-14-8-1)30-28-32-27(24-18-12-6-5-7-13-19-24)33-29(34-28)31-26-22-16-10-3-4-11-17-23-26/h24-26H,1-23H2,(H2,30,31,32,33,34). The minimum absolute atomic E-state index is 0.491. The molecular formula is C29H51N5. The first-order valence-corrected chi connectivity index (χ1v) is 15.2. The second-order valence-corrected chi connectivity index (χ2v) is 11.5. The lowest BCUT2D eigenvalue weighted by molar-refractivity contribution is 0.441. The highest BCUT2D eigenvalue weighted by molar-refractivity contribution is 5.36. The van der Waals surface area contributed by atoms with Crippen molar-refractivity contribution in [3.8, 4) is 0 Å². The summed E-state index contributed by atoms with van der Waals surface area (Å²) in [7, 11) is 0. The van der Waals surface area contributed by atoms with E-state index in [4.69, 9.17) is 15.0 Å². The van der Waals surface area contributed by atoms with Crippen LogP contribution in [0.5, 0.6) is 0 Å². The SMILES string of the molecule is C1CCCCC(Nc2nc(NC3CCCCCCCC3)nc(C3CCCCCCC3)n2)CCC1. The molecule has 2 N–H and O–H groups in total. The lowest BCUT2D eigenvalue weighted by Gasteiger charge is -2.23. The summed E-state index contributed by atoms with van der Waals surface area (Å²) in [6.45, 7) is 0. The molecule has 0 aliphatic heterocycles. The minimum atomic E-state index is 0.491. The van der Waals surface area contributed by atoms with Gasteiger partial charge in [0.05, 0.1) is 0 Å². The number of hydrogen-bond donors (Lipinski definition) is 2. The van der Waals surface area contributed by atoms with E-state index in [0.717, 1.165) is 17.7 Å². The van der Waals surface area contributed by atoms with Gasteiger partial charge in [0.2, 0.25) is 11.9 Å². The van der Waals surface area contributed by atoms with E-state index in [2.05, 4.69) is 10.6 Å². The van der Waals surface area contributed by atoms with Crippen LogP contribution in [0.25, 0.3) is 0 Å². The highest BCUT2D eigenvalue weighted by atomic mass is 15.2. The third-order valence-corrected chi connectivity index (χ3v) is 8.50. The van der Waals surface area contributed by atoms with Gasteiger partial charge in [-0.25, -0.2) is 0 Å². The predicted octanol–water partition coefficient (Wildman–Crippen LogP) is 8.53. The molecule has 4 rings (SSSR count). The van der Waals surface area contributed by atoms with E-state index in [0.29, 0.717) is 18.0 Å². The van der Waals surface area contributed by atoms with Crippen molar-refractivity contribution in [3.63, 3.8) is 0 Å². The van der Waals surface area contributed by atoms with Gasteiger partial charge in [0, 0.05) is 18.0 Å². The molecule has 3 aliphatic rings. The molecule has 0 saturated heterocycles. The van der Waals surface area contributed by atoms with Gasteiger partial charge in [0.1, 0.15) is 5.82 Å². The summed E-state index contributed by atoms with van der Waals surface area (Å²) in [4.78, 5) is 15.1. The molecule has 0 radical (unpaired) electrons. The molecule has 1 aromatic rings. The van der Waals surface area contributed by atoms with Crippen molar-refractivity contribution in [1.82, 2.24) is 15.0 Å². The Kier molecular flexibility index (Phi) is 11.2. The van der Waals surface area contributed by atoms with Crippen LogP contribution in [0.15, 0.2) is 0 Å². The molecule has 3 fully saturated rings. The van der Waals surface area contributed by atoms with Crippen molar-refractivity contribution in [3.05, 3.63) is 5.82 Å². The highest BCUT2D eigenvalue weighted by Crippen LogP contribution is 2.30. The summed E-state index contributed by atoms with van der Waals surface area (Å²) in [5.41, 5.74) is 0. The molecule has 0 amide bonds. The molecule has 34 heavy (non-hydrogen) atoms. The van der Waals surface area contributed by atoms with Crippen LogP contribution in [-0.4, -0.2) is 27.0 Å². The first kappa shape index (κ1) is 25.7. The molecule has 5 nitrogen and oxygen atoms in total. The topological polar surface area (TPSA) is 62.7 Å². The quantitative estimate of drug-likeness (QED) is 0.452. The van der Waals surface area contributed by atoms with Crippen molar-refractivity contribution in [2.75, 3.05) is 10.6 Å². The van der Waals surface area contributed by atoms with E-state index >= 15 is 0 Å². The van der Waals surface area contributed by atoms with Gasteiger partial charge >= 0.3 is 0 Å². The lowest BCUT2D eigenvalue weighted by atomic mass is 9.90. The molecule has 1 heterocycles. The van der Waals surface area contributed by atoms with Gasteiger partial charge in [-0.1, -0.05) is 109 Å². The van der Waals surface area contributed by atoms with Gasteiger partial charge in [-0.05, 0) is 38.5 Å².